The first kappa shape index (κ1) is 10.9. The van der Waals surface area contributed by atoms with Gasteiger partial charge in [-0.2, -0.15) is 0 Å². The first-order valence-corrected chi connectivity index (χ1v) is 5.56. The third-order valence-corrected chi connectivity index (χ3v) is 3.15. The molecule has 15 heavy (non-hydrogen) atoms. The van der Waals surface area contributed by atoms with Crippen molar-refractivity contribution in [1.29, 1.82) is 0 Å². The van der Waals surface area contributed by atoms with E-state index in [1.165, 1.54) is 0 Å². The van der Waals surface area contributed by atoms with Crippen molar-refractivity contribution in [1.82, 2.24) is 10.3 Å². The maximum absolute atomic E-state index is 6.13. The standard InChI is InChI=1S/C11H15ClN2O/c1-13-10(8-4-6-15-7-8)11-9(12)3-2-5-14-11/h2-3,5,8,10,13H,4,6-7H2,1H3. The Hall–Kier alpha value is -0.640. The van der Waals surface area contributed by atoms with E-state index in [4.69, 9.17) is 16.3 Å². The highest BCUT2D eigenvalue weighted by molar-refractivity contribution is 6.31. The largest absolute Gasteiger partial charge is 0.381 e. The Balaban J connectivity index is 2.22. The van der Waals surface area contributed by atoms with Crippen molar-refractivity contribution >= 4 is 11.6 Å². The minimum Gasteiger partial charge on any atom is -0.381 e. The Morgan fingerprint density at radius 2 is 2.53 bits per heavy atom. The molecular weight excluding hydrogens is 212 g/mol. The molecule has 0 aromatic carbocycles. The van der Waals surface area contributed by atoms with E-state index in [9.17, 15) is 0 Å². The van der Waals surface area contributed by atoms with E-state index in [1.807, 2.05) is 19.2 Å². The van der Waals surface area contributed by atoms with Crippen molar-refractivity contribution in [3.05, 3.63) is 29.0 Å². The van der Waals surface area contributed by atoms with E-state index in [0.717, 1.165) is 30.4 Å². The number of aromatic nitrogens is 1. The van der Waals surface area contributed by atoms with Crippen LogP contribution in [-0.4, -0.2) is 25.2 Å². The molecule has 0 radical (unpaired) electrons. The van der Waals surface area contributed by atoms with Crippen LogP contribution in [0.4, 0.5) is 0 Å². The SMILES string of the molecule is CNC(c1ncccc1Cl)C1CCOC1. The second-order valence-electron chi connectivity index (χ2n) is 3.76. The number of rotatable bonds is 3. The summed E-state index contributed by atoms with van der Waals surface area (Å²) in [6.07, 6.45) is 2.85. The Kier molecular flexibility index (Phi) is 3.57. The fraction of sp³-hybridized carbons (Fsp3) is 0.545. The smallest absolute Gasteiger partial charge is 0.0762 e. The lowest BCUT2D eigenvalue weighted by molar-refractivity contribution is 0.177. The molecule has 82 valence electrons. The zero-order chi connectivity index (χ0) is 10.7. The summed E-state index contributed by atoms with van der Waals surface area (Å²) in [7, 11) is 1.94. The van der Waals surface area contributed by atoms with Gasteiger partial charge in [0.2, 0.25) is 0 Å². The molecule has 2 atom stereocenters. The molecule has 2 heterocycles. The molecule has 1 aliphatic rings. The molecule has 0 amide bonds. The van der Waals surface area contributed by atoms with Crippen LogP contribution in [0.3, 0.4) is 0 Å². The lowest BCUT2D eigenvalue weighted by atomic mass is 9.96. The Bertz CT molecular complexity index is 326. The molecule has 1 aromatic rings. The minimum absolute atomic E-state index is 0.196. The molecule has 1 aliphatic heterocycles. The van der Waals surface area contributed by atoms with Crippen LogP contribution in [0.2, 0.25) is 5.02 Å². The Morgan fingerprint density at radius 1 is 1.67 bits per heavy atom. The van der Waals surface area contributed by atoms with E-state index in [-0.39, 0.29) is 6.04 Å². The summed E-state index contributed by atoms with van der Waals surface area (Å²) in [5.74, 6) is 0.474. The van der Waals surface area contributed by atoms with Gasteiger partial charge in [-0.3, -0.25) is 4.98 Å². The highest BCUT2D eigenvalue weighted by Crippen LogP contribution is 2.30. The van der Waals surface area contributed by atoms with Crippen molar-refractivity contribution in [2.24, 2.45) is 5.92 Å². The predicted octanol–water partition coefficient (Wildman–Crippen LogP) is 2.03. The fourth-order valence-electron chi connectivity index (χ4n) is 2.04. The maximum Gasteiger partial charge on any atom is 0.0762 e. The van der Waals surface area contributed by atoms with E-state index < -0.39 is 0 Å². The van der Waals surface area contributed by atoms with Gasteiger partial charge in [0.05, 0.1) is 23.4 Å². The monoisotopic (exact) mass is 226 g/mol. The Labute approximate surface area is 94.8 Å². The number of pyridine rings is 1. The second kappa shape index (κ2) is 4.92. The van der Waals surface area contributed by atoms with Crippen molar-refractivity contribution < 1.29 is 4.74 Å². The number of hydrogen-bond donors (Lipinski definition) is 1. The van der Waals surface area contributed by atoms with Gasteiger partial charge in [-0.15, -0.1) is 0 Å². The third kappa shape index (κ3) is 2.30. The minimum atomic E-state index is 0.196. The van der Waals surface area contributed by atoms with Gasteiger partial charge in [0, 0.05) is 18.7 Å². The average Bonchev–Trinajstić information content (AvgIpc) is 2.75. The summed E-state index contributed by atoms with van der Waals surface area (Å²) in [5, 5.41) is 4.00. The van der Waals surface area contributed by atoms with Crippen LogP contribution in [0.25, 0.3) is 0 Å². The van der Waals surface area contributed by atoms with E-state index in [1.54, 1.807) is 6.20 Å². The molecule has 0 spiro atoms. The first-order chi connectivity index (χ1) is 7.33. The van der Waals surface area contributed by atoms with Crippen LogP contribution in [0.5, 0.6) is 0 Å². The molecule has 0 bridgehead atoms. The van der Waals surface area contributed by atoms with Crippen LogP contribution in [-0.2, 0) is 4.74 Å². The molecule has 3 nitrogen and oxygen atoms in total. The summed E-state index contributed by atoms with van der Waals surface area (Å²) >= 11 is 6.13. The fourth-order valence-corrected chi connectivity index (χ4v) is 2.28. The molecule has 1 saturated heterocycles. The molecule has 2 unspecified atom stereocenters. The summed E-state index contributed by atoms with van der Waals surface area (Å²) in [5.41, 5.74) is 0.928. The van der Waals surface area contributed by atoms with Crippen molar-refractivity contribution in [3.63, 3.8) is 0 Å². The summed E-state index contributed by atoms with van der Waals surface area (Å²) < 4.78 is 5.39. The highest BCUT2D eigenvalue weighted by atomic mass is 35.5. The van der Waals surface area contributed by atoms with Crippen LogP contribution in [0.1, 0.15) is 18.2 Å². The second-order valence-corrected chi connectivity index (χ2v) is 4.17. The molecular formula is C11H15ClN2O. The van der Waals surface area contributed by atoms with Crippen LogP contribution < -0.4 is 5.32 Å². The molecule has 0 saturated carbocycles. The number of ether oxygens (including phenoxy) is 1. The van der Waals surface area contributed by atoms with E-state index in [2.05, 4.69) is 10.3 Å². The van der Waals surface area contributed by atoms with Gasteiger partial charge in [0.15, 0.2) is 0 Å². The van der Waals surface area contributed by atoms with Gasteiger partial charge < -0.3 is 10.1 Å². The molecule has 0 aliphatic carbocycles. The van der Waals surface area contributed by atoms with Crippen molar-refractivity contribution in [2.75, 3.05) is 20.3 Å². The third-order valence-electron chi connectivity index (χ3n) is 2.83. The van der Waals surface area contributed by atoms with Gasteiger partial charge in [-0.05, 0) is 25.6 Å². The average molecular weight is 227 g/mol. The number of hydrogen-bond acceptors (Lipinski definition) is 3. The van der Waals surface area contributed by atoms with E-state index in [0.29, 0.717) is 5.92 Å². The van der Waals surface area contributed by atoms with Crippen molar-refractivity contribution in [2.45, 2.75) is 12.5 Å². The summed E-state index contributed by atoms with van der Waals surface area (Å²) in [6, 6.07) is 3.93. The van der Waals surface area contributed by atoms with Crippen LogP contribution in [0, 0.1) is 5.92 Å². The van der Waals surface area contributed by atoms with Crippen LogP contribution in [0.15, 0.2) is 18.3 Å². The Morgan fingerprint density at radius 3 is 3.13 bits per heavy atom. The lowest BCUT2D eigenvalue weighted by Crippen LogP contribution is -2.26. The molecule has 1 fully saturated rings. The zero-order valence-electron chi connectivity index (χ0n) is 8.74. The molecule has 2 rings (SSSR count). The highest BCUT2D eigenvalue weighted by Gasteiger charge is 2.27. The maximum atomic E-state index is 6.13. The van der Waals surface area contributed by atoms with Gasteiger partial charge in [-0.25, -0.2) is 0 Å². The number of nitrogens with zero attached hydrogens (tertiary/aromatic N) is 1. The predicted molar refractivity (Wildman–Crippen MR) is 60.0 cm³/mol. The van der Waals surface area contributed by atoms with Crippen LogP contribution >= 0.6 is 11.6 Å². The van der Waals surface area contributed by atoms with Gasteiger partial charge in [0.25, 0.3) is 0 Å². The van der Waals surface area contributed by atoms with E-state index >= 15 is 0 Å². The topological polar surface area (TPSA) is 34.2 Å². The molecule has 1 N–H and O–H groups in total. The number of halogens is 1. The molecule has 1 aromatic heterocycles. The van der Waals surface area contributed by atoms with Gasteiger partial charge in [0.1, 0.15) is 0 Å². The molecule has 4 heteroatoms. The van der Waals surface area contributed by atoms with Gasteiger partial charge in [-0.1, -0.05) is 11.6 Å². The van der Waals surface area contributed by atoms with Crippen molar-refractivity contribution in [3.8, 4) is 0 Å². The lowest BCUT2D eigenvalue weighted by Gasteiger charge is -2.21. The van der Waals surface area contributed by atoms with Gasteiger partial charge >= 0.3 is 0 Å². The zero-order valence-corrected chi connectivity index (χ0v) is 9.50. The summed E-state index contributed by atoms with van der Waals surface area (Å²) in [6.45, 7) is 1.63. The quantitative estimate of drug-likeness (QED) is 0.857. The normalized spacial score (nSPS) is 22.9. The first-order valence-electron chi connectivity index (χ1n) is 5.18. The summed E-state index contributed by atoms with van der Waals surface area (Å²) in [4.78, 5) is 4.34. The number of nitrogens with one attached hydrogen (secondary N) is 1.